The molecule has 106 valence electrons. The van der Waals surface area contributed by atoms with Crippen molar-refractivity contribution < 1.29 is 23.3 Å². The number of aliphatic hydroxyl groups is 1. The predicted octanol–water partition coefficient (Wildman–Crippen LogP) is 0.915. The molecule has 1 atom stereocenters. The summed E-state index contributed by atoms with van der Waals surface area (Å²) in [4.78, 5) is 13.2. The Morgan fingerprint density at radius 2 is 2.20 bits per heavy atom. The molecule has 1 aromatic carbocycles. The SMILES string of the molecule is NC(CO)c1noc(-c2c(F)ccc([N+](=O)[O-])c2F)n1. The summed E-state index contributed by atoms with van der Waals surface area (Å²) in [5, 5.41) is 22.8. The second-order valence-corrected chi connectivity index (χ2v) is 3.76. The van der Waals surface area contributed by atoms with E-state index in [1.54, 1.807) is 0 Å². The maximum atomic E-state index is 13.9. The molecule has 2 rings (SSSR count). The molecule has 0 radical (unpaired) electrons. The average molecular weight is 286 g/mol. The highest BCUT2D eigenvalue weighted by Crippen LogP contribution is 2.30. The Morgan fingerprint density at radius 1 is 1.50 bits per heavy atom. The molecule has 1 heterocycles. The number of nitro benzene ring substituents is 1. The molecule has 0 aliphatic rings. The van der Waals surface area contributed by atoms with Gasteiger partial charge in [-0.2, -0.15) is 9.37 Å². The number of hydrogen-bond donors (Lipinski definition) is 2. The standard InChI is InChI=1S/C10H8F2N4O4/c11-4-1-2-6(16(18)19)8(12)7(4)10-14-9(15-20-10)5(13)3-17/h1-2,5,17H,3,13H2. The lowest BCUT2D eigenvalue weighted by Gasteiger charge is -2.01. The first-order valence-corrected chi connectivity index (χ1v) is 5.28. The second-order valence-electron chi connectivity index (χ2n) is 3.76. The van der Waals surface area contributed by atoms with E-state index < -0.39 is 46.3 Å². The van der Waals surface area contributed by atoms with Gasteiger partial charge in [0.2, 0.25) is 5.82 Å². The van der Waals surface area contributed by atoms with Gasteiger partial charge in [0.05, 0.1) is 17.6 Å². The lowest BCUT2D eigenvalue weighted by atomic mass is 10.1. The topological polar surface area (TPSA) is 128 Å². The van der Waals surface area contributed by atoms with E-state index in [4.69, 9.17) is 10.8 Å². The van der Waals surface area contributed by atoms with E-state index in [0.29, 0.717) is 12.1 Å². The average Bonchev–Trinajstić information content (AvgIpc) is 2.87. The molecule has 0 amide bonds. The lowest BCUT2D eigenvalue weighted by Crippen LogP contribution is -2.15. The summed E-state index contributed by atoms with van der Waals surface area (Å²) in [5.74, 6) is -3.29. The first-order chi connectivity index (χ1) is 9.45. The monoisotopic (exact) mass is 286 g/mol. The minimum Gasteiger partial charge on any atom is -0.394 e. The van der Waals surface area contributed by atoms with E-state index in [1.807, 2.05) is 0 Å². The summed E-state index contributed by atoms with van der Waals surface area (Å²) in [6, 6.07) is 0.412. The van der Waals surface area contributed by atoms with E-state index in [0.717, 1.165) is 0 Å². The molecule has 1 aromatic heterocycles. The first kappa shape index (κ1) is 14.0. The van der Waals surface area contributed by atoms with Crippen LogP contribution in [0.2, 0.25) is 0 Å². The Kier molecular flexibility index (Phi) is 3.68. The summed E-state index contributed by atoms with van der Waals surface area (Å²) in [5.41, 5.74) is 3.67. The molecule has 0 aliphatic carbocycles. The summed E-state index contributed by atoms with van der Waals surface area (Å²) >= 11 is 0. The predicted molar refractivity (Wildman–Crippen MR) is 60.3 cm³/mol. The van der Waals surface area contributed by atoms with Crippen LogP contribution in [-0.4, -0.2) is 26.8 Å². The van der Waals surface area contributed by atoms with Crippen LogP contribution in [0.4, 0.5) is 14.5 Å². The van der Waals surface area contributed by atoms with Crippen LogP contribution in [-0.2, 0) is 0 Å². The van der Waals surface area contributed by atoms with Gasteiger partial charge in [-0.1, -0.05) is 5.16 Å². The zero-order valence-electron chi connectivity index (χ0n) is 9.79. The van der Waals surface area contributed by atoms with E-state index >= 15 is 0 Å². The molecular formula is C10H8F2N4O4. The van der Waals surface area contributed by atoms with Crippen LogP contribution in [0.5, 0.6) is 0 Å². The molecular weight excluding hydrogens is 278 g/mol. The molecule has 20 heavy (non-hydrogen) atoms. The van der Waals surface area contributed by atoms with Crippen molar-refractivity contribution >= 4 is 5.69 Å². The van der Waals surface area contributed by atoms with Crippen molar-refractivity contribution in [3.63, 3.8) is 0 Å². The van der Waals surface area contributed by atoms with Gasteiger partial charge >= 0.3 is 5.69 Å². The van der Waals surface area contributed by atoms with Gasteiger partial charge in [-0.05, 0) is 6.07 Å². The normalized spacial score (nSPS) is 12.4. The van der Waals surface area contributed by atoms with Gasteiger partial charge in [-0.15, -0.1) is 0 Å². The van der Waals surface area contributed by atoms with Gasteiger partial charge in [0.25, 0.3) is 5.89 Å². The van der Waals surface area contributed by atoms with Gasteiger partial charge in [-0.25, -0.2) is 4.39 Å². The van der Waals surface area contributed by atoms with Crippen molar-refractivity contribution in [1.82, 2.24) is 10.1 Å². The van der Waals surface area contributed by atoms with Crippen molar-refractivity contribution in [3.05, 3.63) is 39.7 Å². The molecule has 8 nitrogen and oxygen atoms in total. The molecule has 10 heteroatoms. The van der Waals surface area contributed by atoms with Crippen molar-refractivity contribution in [1.29, 1.82) is 0 Å². The highest BCUT2D eigenvalue weighted by molar-refractivity contribution is 5.60. The number of rotatable bonds is 4. The van der Waals surface area contributed by atoms with Gasteiger partial charge in [-0.3, -0.25) is 10.1 Å². The summed E-state index contributed by atoms with van der Waals surface area (Å²) < 4.78 is 32.1. The molecule has 0 bridgehead atoms. The van der Waals surface area contributed by atoms with Crippen molar-refractivity contribution in [2.24, 2.45) is 5.73 Å². The zero-order valence-corrected chi connectivity index (χ0v) is 9.79. The number of halogens is 2. The molecule has 0 fully saturated rings. The van der Waals surface area contributed by atoms with Gasteiger partial charge in [0, 0.05) is 6.07 Å². The Labute approximate surface area is 110 Å². The third-order valence-electron chi connectivity index (χ3n) is 2.45. The summed E-state index contributed by atoms with van der Waals surface area (Å²) in [7, 11) is 0. The molecule has 1 unspecified atom stereocenters. The number of aromatic nitrogens is 2. The number of nitro groups is 1. The number of nitrogens with zero attached hydrogens (tertiary/aromatic N) is 3. The number of hydrogen-bond acceptors (Lipinski definition) is 7. The van der Waals surface area contributed by atoms with Crippen LogP contribution >= 0.6 is 0 Å². The third kappa shape index (κ3) is 2.33. The smallest absolute Gasteiger partial charge is 0.305 e. The van der Waals surface area contributed by atoms with Crippen LogP contribution < -0.4 is 5.73 Å². The minimum absolute atomic E-state index is 0.173. The first-order valence-electron chi connectivity index (χ1n) is 5.28. The van der Waals surface area contributed by atoms with Crippen molar-refractivity contribution in [2.75, 3.05) is 6.61 Å². The van der Waals surface area contributed by atoms with Crippen LogP contribution in [0.25, 0.3) is 11.5 Å². The lowest BCUT2D eigenvalue weighted by molar-refractivity contribution is -0.387. The highest BCUT2D eigenvalue weighted by atomic mass is 19.1. The van der Waals surface area contributed by atoms with Gasteiger partial charge in [0.1, 0.15) is 11.4 Å². The fraction of sp³-hybridized carbons (Fsp3) is 0.200. The van der Waals surface area contributed by atoms with Crippen LogP contribution in [0.1, 0.15) is 11.9 Å². The van der Waals surface area contributed by atoms with E-state index in [9.17, 15) is 18.9 Å². The number of nitrogens with two attached hydrogens (primary N) is 1. The van der Waals surface area contributed by atoms with Crippen LogP contribution in [0.15, 0.2) is 16.7 Å². The number of benzene rings is 1. The molecule has 0 saturated heterocycles. The maximum Gasteiger partial charge on any atom is 0.305 e. The fourth-order valence-electron chi connectivity index (χ4n) is 1.45. The van der Waals surface area contributed by atoms with E-state index in [2.05, 4.69) is 14.7 Å². The van der Waals surface area contributed by atoms with E-state index in [-0.39, 0.29) is 5.82 Å². The zero-order chi connectivity index (χ0) is 14.9. The molecule has 2 aromatic rings. The minimum atomic E-state index is -1.43. The fourth-order valence-corrected chi connectivity index (χ4v) is 1.45. The Morgan fingerprint density at radius 3 is 2.80 bits per heavy atom. The molecule has 0 spiro atoms. The van der Waals surface area contributed by atoms with Crippen LogP contribution in [0.3, 0.4) is 0 Å². The third-order valence-corrected chi connectivity index (χ3v) is 2.45. The largest absolute Gasteiger partial charge is 0.394 e. The van der Waals surface area contributed by atoms with Gasteiger partial charge < -0.3 is 15.4 Å². The Hall–Kier alpha value is -2.46. The Balaban J connectivity index is 2.55. The summed E-state index contributed by atoms with van der Waals surface area (Å²) in [6.07, 6.45) is 0. The molecule has 0 saturated carbocycles. The Bertz CT molecular complexity index is 661. The summed E-state index contributed by atoms with van der Waals surface area (Å²) in [6.45, 7) is -0.501. The van der Waals surface area contributed by atoms with Gasteiger partial charge in [0.15, 0.2) is 5.82 Å². The van der Waals surface area contributed by atoms with Crippen molar-refractivity contribution in [2.45, 2.75) is 6.04 Å². The number of aliphatic hydroxyl groups excluding tert-OH is 1. The van der Waals surface area contributed by atoms with Crippen LogP contribution in [0, 0.1) is 21.7 Å². The maximum absolute atomic E-state index is 13.9. The van der Waals surface area contributed by atoms with E-state index in [1.165, 1.54) is 0 Å². The van der Waals surface area contributed by atoms with Crippen molar-refractivity contribution in [3.8, 4) is 11.5 Å². The molecule has 3 N–H and O–H groups in total. The highest BCUT2D eigenvalue weighted by Gasteiger charge is 2.27. The molecule has 0 aliphatic heterocycles. The quantitative estimate of drug-likeness (QED) is 0.631. The second kappa shape index (κ2) is 5.27.